The largest absolute Gasteiger partial charge is 0.479 e. The topological polar surface area (TPSA) is 70.5 Å². The van der Waals surface area contributed by atoms with Gasteiger partial charge in [-0.3, -0.25) is 9.78 Å². The summed E-state index contributed by atoms with van der Waals surface area (Å²) in [4.78, 5) is 27.5. The zero-order chi connectivity index (χ0) is 14.0. The van der Waals surface area contributed by atoms with E-state index < -0.39 is 12.0 Å². The minimum Gasteiger partial charge on any atom is -0.479 e. The number of likely N-dealkylation sites (N-methyl/N-ethyl adjacent to an activating group) is 1. The number of benzene rings is 1. The fourth-order valence-corrected chi connectivity index (χ4v) is 2.03. The van der Waals surface area contributed by atoms with Gasteiger partial charge in [-0.1, -0.05) is 12.1 Å². The fourth-order valence-electron chi connectivity index (χ4n) is 2.03. The monoisotopic (exact) mass is 258 g/mol. The molecule has 0 aliphatic heterocycles. The summed E-state index contributed by atoms with van der Waals surface area (Å²) in [5, 5.41) is 10.1. The van der Waals surface area contributed by atoms with Crippen molar-refractivity contribution >= 4 is 23.3 Å². The molecule has 2 rings (SSSR count). The number of aliphatic carboxylic acids is 1. The van der Waals surface area contributed by atoms with Gasteiger partial charge < -0.3 is 10.0 Å². The number of rotatable bonds is 4. The van der Waals surface area contributed by atoms with Crippen LogP contribution in [0.2, 0.25) is 0 Å². The van der Waals surface area contributed by atoms with Crippen molar-refractivity contribution in [3.8, 4) is 0 Å². The molecular formula is C14H14N2O3. The summed E-state index contributed by atoms with van der Waals surface area (Å²) in [7, 11) is 1.45. The van der Waals surface area contributed by atoms with Gasteiger partial charge in [-0.05, 0) is 30.7 Å². The number of hydrogen-bond acceptors (Lipinski definition) is 3. The number of fused-ring (bicyclic) bond motifs is 1. The molecule has 0 saturated heterocycles. The number of carbonyl (C=O) groups is 2. The van der Waals surface area contributed by atoms with Crippen LogP contribution in [0.15, 0.2) is 30.3 Å². The van der Waals surface area contributed by atoms with E-state index in [9.17, 15) is 14.7 Å². The zero-order valence-electron chi connectivity index (χ0n) is 10.7. The number of aryl methyl sites for hydroxylation is 1. The smallest absolute Gasteiger partial charge is 0.331 e. The summed E-state index contributed by atoms with van der Waals surface area (Å²) in [6.07, 6.45) is 0.510. The molecule has 1 heterocycles. The number of nitrogens with zero attached hydrogens (tertiary/aromatic N) is 2. The molecule has 0 radical (unpaired) electrons. The van der Waals surface area contributed by atoms with Crippen LogP contribution >= 0.6 is 0 Å². The first kappa shape index (κ1) is 13.0. The van der Waals surface area contributed by atoms with Crippen LogP contribution in [-0.4, -0.2) is 34.4 Å². The molecule has 1 aromatic carbocycles. The quantitative estimate of drug-likeness (QED) is 0.848. The molecule has 0 fully saturated rings. The number of carboxylic acids is 1. The van der Waals surface area contributed by atoms with E-state index in [1.165, 1.54) is 7.05 Å². The lowest BCUT2D eigenvalue weighted by molar-refractivity contribution is -0.145. The van der Waals surface area contributed by atoms with E-state index in [0.717, 1.165) is 21.5 Å². The van der Waals surface area contributed by atoms with Gasteiger partial charge in [-0.2, -0.15) is 0 Å². The number of pyridine rings is 1. The van der Waals surface area contributed by atoms with E-state index in [1.807, 2.05) is 19.1 Å². The molecule has 1 atom stereocenters. The lowest BCUT2D eigenvalue weighted by Gasteiger charge is -2.21. The van der Waals surface area contributed by atoms with Gasteiger partial charge in [0, 0.05) is 18.1 Å². The molecule has 1 N–H and O–H groups in total. The highest BCUT2D eigenvalue weighted by Gasteiger charge is 2.23. The van der Waals surface area contributed by atoms with Crippen LogP contribution in [0.3, 0.4) is 0 Å². The second kappa shape index (κ2) is 5.06. The van der Waals surface area contributed by atoms with E-state index in [0.29, 0.717) is 12.0 Å². The Morgan fingerprint density at radius 2 is 2.11 bits per heavy atom. The molecule has 1 amide bonds. The standard InChI is InChI=1S/C14H14N2O3/c1-9-3-4-10-7-11(5-6-12(10)15-9)13(14(18)19)16(2)8-17/h3-8,13H,1-2H3,(H,18,19). The summed E-state index contributed by atoms with van der Waals surface area (Å²) >= 11 is 0. The van der Waals surface area contributed by atoms with Crippen LogP contribution in [0.5, 0.6) is 0 Å². The van der Waals surface area contributed by atoms with Gasteiger partial charge >= 0.3 is 5.97 Å². The van der Waals surface area contributed by atoms with Gasteiger partial charge in [-0.15, -0.1) is 0 Å². The molecule has 19 heavy (non-hydrogen) atoms. The van der Waals surface area contributed by atoms with Crippen LogP contribution < -0.4 is 0 Å². The lowest BCUT2D eigenvalue weighted by Crippen LogP contribution is -2.29. The van der Waals surface area contributed by atoms with Crippen LogP contribution in [0.25, 0.3) is 10.9 Å². The van der Waals surface area contributed by atoms with Crippen molar-refractivity contribution in [3.05, 3.63) is 41.6 Å². The highest BCUT2D eigenvalue weighted by molar-refractivity contribution is 5.83. The second-order valence-corrected chi connectivity index (χ2v) is 4.42. The third-order valence-electron chi connectivity index (χ3n) is 2.98. The second-order valence-electron chi connectivity index (χ2n) is 4.42. The first-order valence-corrected chi connectivity index (χ1v) is 5.80. The summed E-state index contributed by atoms with van der Waals surface area (Å²) in [6.45, 7) is 1.90. The molecule has 5 heteroatoms. The fraction of sp³-hybridized carbons (Fsp3) is 0.214. The van der Waals surface area contributed by atoms with E-state index in [-0.39, 0.29) is 0 Å². The molecule has 0 spiro atoms. The number of aromatic nitrogens is 1. The van der Waals surface area contributed by atoms with E-state index >= 15 is 0 Å². The van der Waals surface area contributed by atoms with E-state index in [2.05, 4.69) is 4.98 Å². The van der Waals surface area contributed by atoms with Gasteiger partial charge in [0.1, 0.15) is 0 Å². The normalized spacial score (nSPS) is 12.1. The molecule has 0 bridgehead atoms. The minimum atomic E-state index is -1.06. The average molecular weight is 258 g/mol. The van der Waals surface area contributed by atoms with E-state index in [1.54, 1.807) is 18.2 Å². The molecule has 1 aromatic heterocycles. The third kappa shape index (κ3) is 2.54. The summed E-state index contributed by atoms with van der Waals surface area (Å²) < 4.78 is 0. The van der Waals surface area contributed by atoms with Crippen molar-refractivity contribution < 1.29 is 14.7 Å². The zero-order valence-corrected chi connectivity index (χ0v) is 10.7. The van der Waals surface area contributed by atoms with Crippen molar-refractivity contribution in [2.75, 3.05) is 7.05 Å². The van der Waals surface area contributed by atoms with Gasteiger partial charge in [-0.25, -0.2) is 4.79 Å². The molecule has 0 aliphatic carbocycles. The maximum atomic E-state index is 11.3. The molecule has 98 valence electrons. The van der Waals surface area contributed by atoms with Crippen LogP contribution in [0.1, 0.15) is 17.3 Å². The molecule has 5 nitrogen and oxygen atoms in total. The highest BCUT2D eigenvalue weighted by Crippen LogP contribution is 2.23. The highest BCUT2D eigenvalue weighted by atomic mass is 16.4. The maximum absolute atomic E-state index is 11.3. The van der Waals surface area contributed by atoms with Crippen LogP contribution in [0, 0.1) is 6.92 Å². The van der Waals surface area contributed by atoms with Crippen molar-refractivity contribution in [1.29, 1.82) is 0 Å². The predicted octanol–water partition coefficient (Wildman–Crippen LogP) is 1.76. The van der Waals surface area contributed by atoms with Gasteiger partial charge in [0.2, 0.25) is 6.41 Å². The van der Waals surface area contributed by atoms with Crippen LogP contribution in [-0.2, 0) is 9.59 Å². The van der Waals surface area contributed by atoms with Crippen molar-refractivity contribution in [2.24, 2.45) is 0 Å². The summed E-state index contributed by atoms with van der Waals surface area (Å²) in [5.41, 5.74) is 2.27. The predicted molar refractivity (Wildman–Crippen MR) is 70.7 cm³/mol. The maximum Gasteiger partial charge on any atom is 0.331 e. The van der Waals surface area contributed by atoms with Gasteiger partial charge in [0.15, 0.2) is 6.04 Å². The number of carbonyl (C=O) groups excluding carboxylic acids is 1. The molecule has 0 aliphatic rings. The molecule has 2 aromatic rings. The Balaban J connectivity index is 2.52. The summed E-state index contributed by atoms with van der Waals surface area (Å²) in [6, 6.07) is 7.98. The Hall–Kier alpha value is -2.43. The molecule has 1 unspecified atom stereocenters. The Morgan fingerprint density at radius 3 is 2.74 bits per heavy atom. The van der Waals surface area contributed by atoms with Crippen molar-refractivity contribution in [2.45, 2.75) is 13.0 Å². The summed E-state index contributed by atoms with van der Waals surface area (Å²) in [5.74, 6) is -1.06. The number of amides is 1. The van der Waals surface area contributed by atoms with Crippen LogP contribution in [0.4, 0.5) is 0 Å². The minimum absolute atomic E-state index is 0.510. The Labute approximate surface area is 110 Å². The average Bonchev–Trinajstić information content (AvgIpc) is 2.38. The van der Waals surface area contributed by atoms with Gasteiger partial charge in [0.25, 0.3) is 0 Å². The Kier molecular flexibility index (Phi) is 3.46. The first-order valence-electron chi connectivity index (χ1n) is 5.80. The van der Waals surface area contributed by atoms with Gasteiger partial charge in [0.05, 0.1) is 5.52 Å². The molecule has 0 saturated carbocycles. The SMILES string of the molecule is Cc1ccc2cc(C(C(=O)O)N(C)C=O)ccc2n1. The Morgan fingerprint density at radius 1 is 1.37 bits per heavy atom. The van der Waals surface area contributed by atoms with E-state index in [4.69, 9.17) is 0 Å². The number of carboxylic acid groups (broad SMARTS) is 1. The Bertz CT molecular complexity index is 640. The third-order valence-corrected chi connectivity index (χ3v) is 2.98. The van der Waals surface area contributed by atoms with Crippen molar-refractivity contribution in [3.63, 3.8) is 0 Å². The number of hydrogen-bond donors (Lipinski definition) is 1. The van der Waals surface area contributed by atoms with Crippen molar-refractivity contribution in [1.82, 2.24) is 9.88 Å². The molecular weight excluding hydrogens is 244 g/mol. The lowest BCUT2D eigenvalue weighted by atomic mass is 10.0. The first-order chi connectivity index (χ1) is 9.02.